The lowest BCUT2D eigenvalue weighted by atomic mass is 9.96. The van der Waals surface area contributed by atoms with Crippen molar-refractivity contribution in [2.24, 2.45) is 5.92 Å². The van der Waals surface area contributed by atoms with Crippen molar-refractivity contribution in [3.63, 3.8) is 0 Å². The van der Waals surface area contributed by atoms with Crippen LogP contribution in [0.1, 0.15) is 31.9 Å². The monoisotopic (exact) mass is 374 g/mol. The molecule has 0 heterocycles. The standard InChI is InChI=1S/C21H26O6/c1-4-24-20(22)19(21(23)25-5-2)13-15-7-9-18-12-16(14-27-26-6-3)8-10-17(18)11-15/h7-12,19H,4-6,13-14H2,1-3H3. The summed E-state index contributed by atoms with van der Waals surface area (Å²) in [7, 11) is 0. The SMILES string of the molecule is CCOOCc1ccc2cc(CC(C(=O)OCC)C(=O)OCC)ccc2c1. The summed E-state index contributed by atoms with van der Waals surface area (Å²) in [5.41, 5.74) is 1.87. The summed E-state index contributed by atoms with van der Waals surface area (Å²) in [6.45, 7) is 6.60. The van der Waals surface area contributed by atoms with Crippen LogP contribution in [-0.4, -0.2) is 31.8 Å². The molecular formula is C21H26O6. The van der Waals surface area contributed by atoms with Gasteiger partial charge in [0.15, 0.2) is 5.92 Å². The molecule has 6 heteroatoms. The van der Waals surface area contributed by atoms with E-state index in [1.54, 1.807) is 13.8 Å². The summed E-state index contributed by atoms with van der Waals surface area (Å²) in [6.07, 6.45) is 0.239. The molecule has 0 N–H and O–H groups in total. The highest BCUT2D eigenvalue weighted by Gasteiger charge is 2.29. The minimum atomic E-state index is -0.957. The fourth-order valence-electron chi connectivity index (χ4n) is 2.74. The third kappa shape index (κ3) is 6.05. The number of hydrogen-bond acceptors (Lipinski definition) is 6. The van der Waals surface area contributed by atoms with Gasteiger partial charge < -0.3 is 9.47 Å². The van der Waals surface area contributed by atoms with Crippen LogP contribution in [0.4, 0.5) is 0 Å². The first-order chi connectivity index (χ1) is 13.1. The first-order valence-corrected chi connectivity index (χ1v) is 9.18. The predicted octanol–water partition coefficient (Wildman–Crippen LogP) is 3.59. The average molecular weight is 374 g/mol. The molecule has 0 spiro atoms. The van der Waals surface area contributed by atoms with Gasteiger partial charge in [-0.3, -0.25) is 9.59 Å². The lowest BCUT2D eigenvalue weighted by Crippen LogP contribution is -2.30. The Morgan fingerprint density at radius 1 is 0.778 bits per heavy atom. The molecule has 0 aliphatic heterocycles. The lowest BCUT2D eigenvalue weighted by Gasteiger charge is -2.15. The Bertz CT molecular complexity index is 752. The van der Waals surface area contributed by atoms with Gasteiger partial charge >= 0.3 is 11.9 Å². The summed E-state index contributed by atoms with van der Waals surface area (Å²) >= 11 is 0. The summed E-state index contributed by atoms with van der Waals surface area (Å²) < 4.78 is 10.1. The molecular weight excluding hydrogens is 348 g/mol. The average Bonchev–Trinajstić information content (AvgIpc) is 2.66. The quantitative estimate of drug-likeness (QED) is 0.208. The van der Waals surface area contributed by atoms with Crippen LogP contribution in [0.2, 0.25) is 0 Å². The molecule has 0 bridgehead atoms. The van der Waals surface area contributed by atoms with Gasteiger partial charge in [-0.2, -0.15) is 0 Å². The van der Waals surface area contributed by atoms with E-state index in [9.17, 15) is 9.59 Å². The molecule has 0 aromatic heterocycles. The summed E-state index contributed by atoms with van der Waals surface area (Å²) in [5.74, 6) is -2.07. The number of carbonyl (C=O) groups is 2. The third-order valence-electron chi connectivity index (χ3n) is 3.98. The van der Waals surface area contributed by atoms with E-state index in [0.29, 0.717) is 13.2 Å². The first kappa shape index (κ1) is 20.9. The zero-order valence-electron chi connectivity index (χ0n) is 16.0. The maximum Gasteiger partial charge on any atom is 0.320 e. The minimum Gasteiger partial charge on any atom is -0.465 e. The van der Waals surface area contributed by atoms with Crippen molar-refractivity contribution >= 4 is 22.7 Å². The van der Waals surface area contributed by atoms with Crippen LogP contribution in [0, 0.1) is 5.92 Å². The van der Waals surface area contributed by atoms with Crippen LogP contribution in [0.3, 0.4) is 0 Å². The third-order valence-corrected chi connectivity index (χ3v) is 3.98. The number of hydrogen-bond donors (Lipinski definition) is 0. The van der Waals surface area contributed by atoms with Crippen LogP contribution in [-0.2, 0) is 41.9 Å². The Morgan fingerprint density at radius 2 is 1.33 bits per heavy atom. The van der Waals surface area contributed by atoms with E-state index < -0.39 is 17.9 Å². The highest BCUT2D eigenvalue weighted by molar-refractivity contribution is 5.95. The predicted molar refractivity (Wildman–Crippen MR) is 101 cm³/mol. The van der Waals surface area contributed by atoms with Crippen LogP contribution in [0.5, 0.6) is 0 Å². The van der Waals surface area contributed by atoms with Crippen molar-refractivity contribution in [3.8, 4) is 0 Å². The Hall–Kier alpha value is -2.44. The number of carbonyl (C=O) groups excluding carboxylic acids is 2. The van der Waals surface area contributed by atoms with Crippen molar-refractivity contribution in [1.29, 1.82) is 0 Å². The Morgan fingerprint density at radius 3 is 1.89 bits per heavy atom. The zero-order chi connectivity index (χ0) is 19.6. The maximum atomic E-state index is 12.1. The first-order valence-electron chi connectivity index (χ1n) is 9.18. The second-order valence-corrected chi connectivity index (χ2v) is 5.95. The number of ether oxygens (including phenoxy) is 2. The van der Waals surface area contributed by atoms with Gasteiger partial charge in [0.25, 0.3) is 0 Å². The molecule has 0 saturated heterocycles. The van der Waals surface area contributed by atoms with Crippen molar-refractivity contribution < 1.29 is 28.8 Å². The number of fused-ring (bicyclic) bond motifs is 1. The summed E-state index contributed by atoms with van der Waals surface area (Å²) in [4.78, 5) is 34.3. The molecule has 0 amide bonds. The van der Waals surface area contributed by atoms with Gasteiger partial charge in [0.05, 0.1) is 19.8 Å². The molecule has 0 unspecified atom stereocenters. The fourth-order valence-corrected chi connectivity index (χ4v) is 2.74. The van der Waals surface area contributed by atoms with Crippen molar-refractivity contribution in [1.82, 2.24) is 0 Å². The zero-order valence-corrected chi connectivity index (χ0v) is 16.0. The topological polar surface area (TPSA) is 71.1 Å². The van der Waals surface area contributed by atoms with Crippen LogP contribution < -0.4 is 0 Å². The van der Waals surface area contributed by atoms with E-state index in [2.05, 4.69) is 0 Å². The Balaban J connectivity index is 2.17. The molecule has 0 aliphatic carbocycles. The molecule has 0 saturated carbocycles. The molecule has 2 aromatic rings. The van der Waals surface area contributed by atoms with Gasteiger partial charge in [0.2, 0.25) is 0 Å². The van der Waals surface area contributed by atoms with Gasteiger partial charge in [0, 0.05) is 0 Å². The summed E-state index contributed by atoms with van der Waals surface area (Å²) in [5, 5.41) is 2.05. The van der Waals surface area contributed by atoms with Crippen LogP contribution >= 0.6 is 0 Å². The van der Waals surface area contributed by atoms with Gasteiger partial charge in [-0.15, -0.1) is 0 Å². The van der Waals surface area contributed by atoms with Crippen molar-refractivity contribution in [3.05, 3.63) is 47.5 Å². The van der Waals surface area contributed by atoms with E-state index in [1.165, 1.54) is 0 Å². The van der Waals surface area contributed by atoms with Gasteiger partial charge in [-0.1, -0.05) is 30.3 Å². The molecule has 2 rings (SSSR count). The lowest BCUT2D eigenvalue weighted by molar-refractivity contribution is -0.300. The summed E-state index contributed by atoms with van der Waals surface area (Å²) in [6, 6.07) is 11.8. The van der Waals surface area contributed by atoms with E-state index >= 15 is 0 Å². The number of benzene rings is 2. The second kappa shape index (κ2) is 10.6. The van der Waals surface area contributed by atoms with Crippen LogP contribution in [0.25, 0.3) is 10.8 Å². The molecule has 0 radical (unpaired) electrons. The Labute approximate surface area is 159 Å². The van der Waals surface area contributed by atoms with Crippen molar-refractivity contribution in [2.45, 2.75) is 33.8 Å². The second-order valence-electron chi connectivity index (χ2n) is 5.95. The molecule has 27 heavy (non-hydrogen) atoms. The molecule has 0 atom stereocenters. The smallest absolute Gasteiger partial charge is 0.320 e. The van der Waals surface area contributed by atoms with E-state index in [-0.39, 0.29) is 19.6 Å². The maximum absolute atomic E-state index is 12.1. The van der Waals surface area contributed by atoms with Gasteiger partial charge in [-0.25, -0.2) is 9.78 Å². The number of rotatable bonds is 10. The molecule has 146 valence electrons. The van der Waals surface area contributed by atoms with Crippen molar-refractivity contribution in [2.75, 3.05) is 19.8 Å². The van der Waals surface area contributed by atoms with Gasteiger partial charge in [-0.05, 0) is 55.2 Å². The highest BCUT2D eigenvalue weighted by Crippen LogP contribution is 2.21. The minimum absolute atomic E-state index is 0.221. The van der Waals surface area contributed by atoms with E-state index in [4.69, 9.17) is 19.2 Å². The largest absolute Gasteiger partial charge is 0.465 e. The van der Waals surface area contributed by atoms with E-state index in [1.807, 2.05) is 43.3 Å². The molecule has 6 nitrogen and oxygen atoms in total. The van der Waals surface area contributed by atoms with E-state index in [0.717, 1.165) is 21.9 Å². The van der Waals surface area contributed by atoms with Crippen LogP contribution in [0.15, 0.2) is 36.4 Å². The molecule has 2 aromatic carbocycles. The van der Waals surface area contributed by atoms with Gasteiger partial charge in [0.1, 0.15) is 6.61 Å². The molecule has 0 fully saturated rings. The number of esters is 2. The fraction of sp³-hybridized carbons (Fsp3) is 0.429. The Kier molecular flexibility index (Phi) is 8.23. The molecule has 0 aliphatic rings. The highest BCUT2D eigenvalue weighted by atomic mass is 17.2. The normalized spacial score (nSPS) is 11.0.